The Hall–Kier alpha value is -1.82. The largest absolute Gasteiger partial charge is 0.384 e. The monoisotopic (exact) mass is 250 g/mol. The van der Waals surface area contributed by atoms with Gasteiger partial charge in [0.15, 0.2) is 0 Å². The van der Waals surface area contributed by atoms with Gasteiger partial charge in [0, 0.05) is 13.2 Å². The molecule has 98 valence electrons. The molecule has 0 spiro atoms. The lowest BCUT2D eigenvalue weighted by molar-refractivity contribution is 0.0247. The second kappa shape index (κ2) is 5.68. The van der Waals surface area contributed by atoms with E-state index in [2.05, 4.69) is 10.3 Å². The number of amides is 1. The molecule has 5 N–H and O–H groups in total. The van der Waals surface area contributed by atoms with Crippen LogP contribution in [-0.4, -0.2) is 30.1 Å². The van der Waals surface area contributed by atoms with Crippen molar-refractivity contribution in [3.05, 3.63) is 17.8 Å². The SMILES string of the molecule is NC(=O)c1cc(N)ncc1NCC1CCCCO1. The normalized spacial score (nSPS) is 19.4. The second-order valence-electron chi connectivity index (χ2n) is 4.39. The van der Waals surface area contributed by atoms with Crippen molar-refractivity contribution in [2.45, 2.75) is 25.4 Å². The summed E-state index contributed by atoms with van der Waals surface area (Å²) in [6.45, 7) is 1.45. The Bertz CT molecular complexity index is 430. The fourth-order valence-corrected chi connectivity index (χ4v) is 2.01. The number of nitrogen functional groups attached to an aromatic ring is 1. The Balaban J connectivity index is 2.01. The van der Waals surface area contributed by atoms with Crippen LogP contribution >= 0.6 is 0 Å². The molecule has 1 aromatic rings. The summed E-state index contributed by atoms with van der Waals surface area (Å²) < 4.78 is 5.60. The molecular formula is C12H18N4O2. The molecule has 1 saturated heterocycles. The van der Waals surface area contributed by atoms with E-state index in [0.29, 0.717) is 17.8 Å². The minimum atomic E-state index is -0.517. The lowest BCUT2D eigenvalue weighted by Crippen LogP contribution is -2.28. The minimum absolute atomic E-state index is 0.178. The molecular weight excluding hydrogens is 232 g/mol. The van der Waals surface area contributed by atoms with Gasteiger partial charge >= 0.3 is 0 Å². The zero-order valence-electron chi connectivity index (χ0n) is 10.2. The first-order chi connectivity index (χ1) is 8.66. The molecule has 1 aliphatic rings. The van der Waals surface area contributed by atoms with Crippen LogP contribution in [0, 0.1) is 0 Å². The summed E-state index contributed by atoms with van der Waals surface area (Å²) in [6, 6.07) is 1.48. The van der Waals surface area contributed by atoms with Gasteiger partial charge < -0.3 is 21.5 Å². The number of nitrogens with two attached hydrogens (primary N) is 2. The minimum Gasteiger partial charge on any atom is -0.384 e. The Morgan fingerprint density at radius 2 is 2.39 bits per heavy atom. The number of pyridine rings is 1. The number of nitrogens with zero attached hydrogens (tertiary/aromatic N) is 1. The molecule has 1 fully saturated rings. The molecule has 0 aromatic carbocycles. The van der Waals surface area contributed by atoms with Gasteiger partial charge in [0.2, 0.25) is 0 Å². The average molecular weight is 250 g/mol. The standard InChI is InChI=1S/C12H18N4O2/c13-11-5-9(12(14)17)10(7-16-11)15-6-8-3-1-2-4-18-8/h5,7-8,15H,1-4,6H2,(H2,13,16)(H2,14,17). The molecule has 1 aromatic heterocycles. The van der Waals surface area contributed by atoms with E-state index >= 15 is 0 Å². The number of nitrogens with one attached hydrogen (secondary N) is 1. The van der Waals surface area contributed by atoms with Crippen molar-refractivity contribution in [2.75, 3.05) is 24.2 Å². The third-order valence-corrected chi connectivity index (χ3v) is 2.98. The fraction of sp³-hybridized carbons (Fsp3) is 0.500. The summed E-state index contributed by atoms with van der Waals surface area (Å²) in [5.74, 6) is -0.237. The molecule has 0 bridgehead atoms. The third kappa shape index (κ3) is 3.10. The number of aromatic nitrogens is 1. The van der Waals surface area contributed by atoms with Crippen molar-refractivity contribution >= 4 is 17.4 Å². The predicted molar refractivity (Wildman–Crippen MR) is 69.2 cm³/mol. The highest BCUT2D eigenvalue weighted by Crippen LogP contribution is 2.18. The van der Waals surface area contributed by atoms with Crippen molar-refractivity contribution in [2.24, 2.45) is 5.73 Å². The Morgan fingerprint density at radius 1 is 1.56 bits per heavy atom. The summed E-state index contributed by atoms with van der Waals surface area (Å²) in [4.78, 5) is 15.2. The van der Waals surface area contributed by atoms with Crippen LogP contribution in [0.2, 0.25) is 0 Å². The molecule has 18 heavy (non-hydrogen) atoms. The van der Waals surface area contributed by atoms with Crippen LogP contribution in [0.25, 0.3) is 0 Å². The summed E-state index contributed by atoms with van der Waals surface area (Å²) in [5, 5.41) is 3.15. The highest BCUT2D eigenvalue weighted by molar-refractivity contribution is 5.98. The van der Waals surface area contributed by atoms with Gasteiger partial charge in [-0.1, -0.05) is 0 Å². The van der Waals surface area contributed by atoms with Crippen LogP contribution in [0.1, 0.15) is 29.6 Å². The number of hydrogen-bond donors (Lipinski definition) is 3. The molecule has 0 radical (unpaired) electrons. The van der Waals surface area contributed by atoms with Gasteiger partial charge in [-0.3, -0.25) is 4.79 Å². The van der Waals surface area contributed by atoms with Crippen molar-refractivity contribution in [3.8, 4) is 0 Å². The van der Waals surface area contributed by atoms with Gasteiger partial charge in [-0.15, -0.1) is 0 Å². The molecule has 2 rings (SSSR count). The molecule has 0 aliphatic carbocycles. The molecule has 1 amide bonds. The first-order valence-electron chi connectivity index (χ1n) is 6.07. The van der Waals surface area contributed by atoms with E-state index in [1.54, 1.807) is 0 Å². The molecule has 6 heteroatoms. The van der Waals surface area contributed by atoms with Gasteiger partial charge in [-0.05, 0) is 25.3 Å². The van der Waals surface area contributed by atoms with Crippen molar-refractivity contribution < 1.29 is 9.53 Å². The number of ether oxygens (including phenoxy) is 1. The Morgan fingerprint density at radius 3 is 3.06 bits per heavy atom. The maximum Gasteiger partial charge on any atom is 0.250 e. The van der Waals surface area contributed by atoms with Crippen molar-refractivity contribution in [3.63, 3.8) is 0 Å². The van der Waals surface area contributed by atoms with Gasteiger partial charge in [0.05, 0.1) is 23.6 Å². The van der Waals surface area contributed by atoms with E-state index in [0.717, 1.165) is 19.4 Å². The predicted octanol–water partition coefficient (Wildman–Crippen LogP) is 0.744. The third-order valence-electron chi connectivity index (χ3n) is 2.98. The van der Waals surface area contributed by atoms with E-state index < -0.39 is 5.91 Å². The summed E-state index contributed by atoms with van der Waals surface area (Å²) >= 11 is 0. The molecule has 1 atom stereocenters. The summed E-state index contributed by atoms with van der Waals surface area (Å²) in [7, 11) is 0. The number of primary amides is 1. The quantitative estimate of drug-likeness (QED) is 0.731. The smallest absolute Gasteiger partial charge is 0.250 e. The highest BCUT2D eigenvalue weighted by Gasteiger charge is 2.15. The zero-order chi connectivity index (χ0) is 13.0. The van der Waals surface area contributed by atoms with Gasteiger partial charge in [-0.25, -0.2) is 4.98 Å². The molecule has 6 nitrogen and oxygen atoms in total. The van der Waals surface area contributed by atoms with E-state index in [1.165, 1.54) is 18.7 Å². The molecule has 0 saturated carbocycles. The number of rotatable bonds is 4. The zero-order valence-corrected chi connectivity index (χ0v) is 10.2. The highest BCUT2D eigenvalue weighted by atomic mass is 16.5. The number of carbonyl (C=O) groups excluding carboxylic acids is 1. The van der Waals surface area contributed by atoms with Crippen LogP contribution in [0.15, 0.2) is 12.3 Å². The Labute approximate surface area is 106 Å². The summed E-state index contributed by atoms with van der Waals surface area (Å²) in [5.41, 5.74) is 11.8. The first-order valence-corrected chi connectivity index (χ1v) is 6.07. The van der Waals surface area contributed by atoms with Crippen molar-refractivity contribution in [1.82, 2.24) is 4.98 Å². The van der Waals surface area contributed by atoms with Gasteiger partial charge in [0.25, 0.3) is 5.91 Å². The van der Waals surface area contributed by atoms with E-state index in [1.807, 2.05) is 0 Å². The number of carbonyl (C=O) groups is 1. The van der Waals surface area contributed by atoms with Crippen molar-refractivity contribution in [1.29, 1.82) is 0 Å². The van der Waals surface area contributed by atoms with Gasteiger partial charge in [0.1, 0.15) is 5.82 Å². The lowest BCUT2D eigenvalue weighted by Gasteiger charge is -2.23. The maximum atomic E-state index is 11.3. The fourth-order valence-electron chi connectivity index (χ4n) is 2.01. The van der Waals surface area contributed by atoms with Crippen LogP contribution in [0.5, 0.6) is 0 Å². The van der Waals surface area contributed by atoms with E-state index in [4.69, 9.17) is 16.2 Å². The second-order valence-corrected chi connectivity index (χ2v) is 4.39. The van der Waals surface area contributed by atoms with Gasteiger partial charge in [-0.2, -0.15) is 0 Å². The van der Waals surface area contributed by atoms with E-state index in [9.17, 15) is 4.79 Å². The average Bonchev–Trinajstić information content (AvgIpc) is 2.38. The molecule has 1 aliphatic heterocycles. The topological polar surface area (TPSA) is 103 Å². The van der Waals surface area contributed by atoms with Crippen LogP contribution in [0.4, 0.5) is 11.5 Å². The molecule has 1 unspecified atom stereocenters. The lowest BCUT2D eigenvalue weighted by atomic mass is 10.1. The number of anilines is 2. The molecule has 2 heterocycles. The first kappa shape index (κ1) is 12.6. The van der Waals surface area contributed by atoms with E-state index in [-0.39, 0.29) is 11.9 Å². The van der Waals surface area contributed by atoms with Crippen LogP contribution in [0.3, 0.4) is 0 Å². The van der Waals surface area contributed by atoms with Crippen LogP contribution < -0.4 is 16.8 Å². The van der Waals surface area contributed by atoms with Crippen LogP contribution in [-0.2, 0) is 4.74 Å². The maximum absolute atomic E-state index is 11.3. The summed E-state index contributed by atoms with van der Waals surface area (Å²) in [6.07, 6.45) is 5.03. The number of hydrogen-bond acceptors (Lipinski definition) is 5. The Kier molecular flexibility index (Phi) is 3.99.